The molecule has 0 fully saturated rings. The molecule has 2 heterocycles. The molecule has 0 aliphatic rings. The molecule has 0 aliphatic heterocycles. The molecule has 2 aromatic rings. The summed E-state index contributed by atoms with van der Waals surface area (Å²) in [5.41, 5.74) is 6.36. The standard InChI is InChI=1S/C11H13N5O/c1-7-8(4-3-5-14-7)17-10-6-9(13-2)15-11(12)16-10/h3-6H,1-2H3,(H3,12,13,15,16). The quantitative estimate of drug-likeness (QED) is 0.834. The summed E-state index contributed by atoms with van der Waals surface area (Å²) in [4.78, 5) is 12.1. The Morgan fingerprint density at radius 1 is 1.35 bits per heavy atom. The van der Waals surface area contributed by atoms with Gasteiger partial charge in [0.25, 0.3) is 0 Å². The lowest BCUT2D eigenvalue weighted by Gasteiger charge is -2.08. The Labute approximate surface area is 98.9 Å². The molecular weight excluding hydrogens is 218 g/mol. The maximum Gasteiger partial charge on any atom is 0.226 e. The Balaban J connectivity index is 2.30. The zero-order valence-electron chi connectivity index (χ0n) is 9.64. The van der Waals surface area contributed by atoms with Crippen molar-refractivity contribution in [1.82, 2.24) is 15.0 Å². The summed E-state index contributed by atoms with van der Waals surface area (Å²) in [6, 6.07) is 5.29. The number of anilines is 2. The normalized spacial score (nSPS) is 10.0. The average molecular weight is 231 g/mol. The Kier molecular flexibility index (Phi) is 3.04. The molecule has 17 heavy (non-hydrogen) atoms. The van der Waals surface area contributed by atoms with Crippen LogP contribution in [-0.2, 0) is 0 Å². The van der Waals surface area contributed by atoms with Crippen LogP contribution in [0.15, 0.2) is 24.4 Å². The minimum absolute atomic E-state index is 0.161. The second kappa shape index (κ2) is 4.65. The number of hydrogen-bond donors (Lipinski definition) is 2. The van der Waals surface area contributed by atoms with Crippen LogP contribution in [0.3, 0.4) is 0 Å². The van der Waals surface area contributed by atoms with E-state index in [1.807, 2.05) is 13.0 Å². The number of nitrogen functional groups attached to an aromatic ring is 1. The van der Waals surface area contributed by atoms with Gasteiger partial charge in [0.2, 0.25) is 11.8 Å². The van der Waals surface area contributed by atoms with Crippen LogP contribution >= 0.6 is 0 Å². The number of aromatic nitrogens is 3. The van der Waals surface area contributed by atoms with Gasteiger partial charge in [-0.25, -0.2) is 0 Å². The van der Waals surface area contributed by atoms with E-state index >= 15 is 0 Å². The number of pyridine rings is 1. The molecule has 0 radical (unpaired) electrons. The predicted molar refractivity (Wildman–Crippen MR) is 65.0 cm³/mol. The first-order chi connectivity index (χ1) is 8.19. The molecule has 88 valence electrons. The first-order valence-corrected chi connectivity index (χ1v) is 5.11. The van der Waals surface area contributed by atoms with E-state index in [1.165, 1.54) is 0 Å². The van der Waals surface area contributed by atoms with Gasteiger partial charge in [-0.05, 0) is 19.1 Å². The van der Waals surface area contributed by atoms with Crippen LogP contribution in [0.25, 0.3) is 0 Å². The highest BCUT2D eigenvalue weighted by atomic mass is 16.5. The van der Waals surface area contributed by atoms with Gasteiger partial charge in [-0.15, -0.1) is 0 Å². The van der Waals surface area contributed by atoms with Crippen LogP contribution < -0.4 is 15.8 Å². The Bertz CT molecular complexity index is 529. The molecule has 0 aliphatic carbocycles. The number of nitrogens with zero attached hydrogens (tertiary/aromatic N) is 3. The summed E-state index contributed by atoms with van der Waals surface area (Å²) in [5, 5.41) is 2.88. The molecular formula is C11H13N5O. The molecule has 0 spiro atoms. The van der Waals surface area contributed by atoms with Crippen molar-refractivity contribution in [3.63, 3.8) is 0 Å². The number of ether oxygens (including phenoxy) is 1. The number of nitrogens with one attached hydrogen (secondary N) is 1. The van der Waals surface area contributed by atoms with E-state index in [0.717, 1.165) is 5.69 Å². The van der Waals surface area contributed by atoms with Gasteiger partial charge in [0.15, 0.2) is 5.75 Å². The highest BCUT2D eigenvalue weighted by molar-refractivity contribution is 5.43. The molecule has 6 heteroatoms. The van der Waals surface area contributed by atoms with E-state index in [4.69, 9.17) is 10.5 Å². The van der Waals surface area contributed by atoms with Crippen molar-refractivity contribution in [3.05, 3.63) is 30.1 Å². The van der Waals surface area contributed by atoms with Gasteiger partial charge >= 0.3 is 0 Å². The van der Waals surface area contributed by atoms with Gasteiger partial charge in [-0.1, -0.05) is 0 Å². The van der Waals surface area contributed by atoms with E-state index < -0.39 is 0 Å². The Morgan fingerprint density at radius 3 is 2.88 bits per heavy atom. The van der Waals surface area contributed by atoms with Crippen LogP contribution in [-0.4, -0.2) is 22.0 Å². The van der Waals surface area contributed by atoms with E-state index in [2.05, 4.69) is 20.3 Å². The number of aryl methyl sites for hydroxylation is 1. The van der Waals surface area contributed by atoms with E-state index in [0.29, 0.717) is 17.4 Å². The molecule has 0 saturated carbocycles. The van der Waals surface area contributed by atoms with Gasteiger partial charge in [0.05, 0.1) is 5.69 Å². The maximum atomic E-state index is 5.60. The fourth-order valence-electron chi connectivity index (χ4n) is 1.31. The molecule has 2 aromatic heterocycles. The second-order valence-corrected chi connectivity index (χ2v) is 3.39. The van der Waals surface area contributed by atoms with Crippen LogP contribution in [0, 0.1) is 6.92 Å². The fourth-order valence-corrected chi connectivity index (χ4v) is 1.31. The molecule has 0 atom stereocenters. The Morgan fingerprint density at radius 2 is 2.18 bits per heavy atom. The zero-order chi connectivity index (χ0) is 12.3. The fraction of sp³-hybridized carbons (Fsp3) is 0.182. The highest BCUT2D eigenvalue weighted by Crippen LogP contribution is 2.23. The number of hydrogen-bond acceptors (Lipinski definition) is 6. The largest absolute Gasteiger partial charge is 0.437 e. The van der Waals surface area contributed by atoms with E-state index in [-0.39, 0.29) is 5.95 Å². The van der Waals surface area contributed by atoms with Gasteiger partial charge in [0.1, 0.15) is 5.82 Å². The van der Waals surface area contributed by atoms with Crippen LogP contribution in [0.5, 0.6) is 11.6 Å². The van der Waals surface area contributed by atoms with Crippen LogP contribution in [0.1, 0.15) is 5.69 Å². The third-order valence-corrected chi connectivity index (χ3v) is 2.15. The third kappa shape index (κ3) is 2.60. The SMILES string of the molecule is CNc1cc(Oc2cccnc2C)nc(N)n1. The second-order valence-electron chi connectivity index (χ2n) is 3.39. The van der Waals surface area contributed by atoms with Crippen molar-refractivity contribution >= 4 is 11.8 Å². The summed E-state index contributed by atoms with van der Waals surface area (Å²) < 4.78 is 5.60. The molecule has 0 bridgehead atoms. The lowest BCUT2D eigenvalue weighted by atomic mass is 10.3. The third-order valence-electron chi connectivity index (χ3n) is 2.15. The molecule has 6 nitrogen and oxygen atoms in total. The lowest BCUT2D eigenvalue weighted by Crippen LogP contribution is -2.01. The van der Waals surface area contributed by atoms with Crippen LogP contribution in [0.4, 0.5) is 11.8 Å². The molecule has 2 rings (SSSR count). The highest BCUT2D eigenvalue weighted by Gasteiger charge is 2.05. The molecule has 0 amide bonds. The summed E-state index contributed by atoms with van der Waals surface area (Å²) in [6.07, 6.45) is 1.70. The molecule has 3 N–H and O–H groups in total. The number of nitrogens with two attached hydrogens (primary N) is 1. The Hall–Kier alpha value is -2.37. The average Bonchev–Trinajstić information content (AvgIpc) is 2.31. The number of rotatable bonds is 3. The summed E-state index contributed by atoms with van der Waals surface area (Å²) in [6.45, 7) is 1.86. The van der Waals surface area contributed by atoms with Crippen molar-refractivity contribution in [2.24, 2.45) is 0 Å². The van der Waals surface area contributed by atoms with Crippen molar-refractivity contribution in [3.8, 4) is 11.6 Å². The van der Waals surface area contributed by atoms with Crippen molar-refractivity contribution in [2.45, 2.75) is 6.92 Å². The van der Waals surface area contributed by atoms with Crippen molar-refractivity contribution in [2.75, 3.05) is 18.1 Å². The van der Waals surface area contributed by atoms with Crippen molar-refractivity contribution in [1.29, 1.82) is 0 Å². The first-order valence-electron chi connectivity index (χ1n) is 5.11. The minimum atomic E-state index is 0.161. The van der Waals surface area contributed by atoms with Crippen molar-refractivity contribution < 1.29 is 4.74 Å². The maximum absolute atomic E-state index is 5.60. The molecule has 0 unspecified atom stereocenters. The van der Waals surface area contributed by atoms with E-state index in [1.54, 1.807) is 25.4 Å². The molecule has 0 aromatic carbocycles. The summed E-state index contributed by atoms with van der Waals surface area (Å²) in [7, 11) is 1.75. The van der Waals surface area contributed by atoms with Gasteiger partial charge in [0, 0.05) is 19.3 Å². The van der Waals surface area contributed by atoms with Gasteiger partial charge in [-0.2, -0.15) is 9.97 Å². The smallest absolute Gasteiger partial charge is 0.226 e. The van der Waals surface area contributed by atoms with E-state index in [9.17, 15) is 0 Å². The summed E-state index contributed by atoms with van der Waals surface area (Å²) >= 11 is 0. The molecule has 0 saturated heterocycles. The topological polar surface area (TPSA) is 86.0 Å². The predicted octanol–water partition coefficient (Wildman–Crippen LogP) is 1.60. The monoisotopic (exact) mass is 231 g/mol. The van der Waals surface area contributed by atoms with Gasteiger partial charge in [-0.3, -0.25) is 4.98 Å². The lowest BCUT2D eigenvalue weighted by molar-refractivity contribution is 0.456. The first kappa shape index (κ1) is 11.1. The minimum Gasteiger partial charge on any atom is -0.437 e. The van der Waals surface area contributed by atoms with Gasteiger partial charge < -0.3 is 15.8 Å². The summed E-state index contributed by atoms with van der Waals surface area (Å²) in [5.74, 6) is 1.80. The van der Waals surface area contributed by atoms with Crippen LogP contribution in [0.2, 0.25) is 0 Å². The zero-order valence-corrected chi connectivity index (χ0v) is 9.64.